The summed E-state index contributed by atoms with van der Waals surface area (Å²) in [5, 5.41) is 0. The predicted molar refractivity (Wildman–Crippen MR) is 84.2 cm³/mol. The van der Waals surface area contributed by atoms with Crippen LogP contribution in [0, 0.1) is 0 Å². The van der Waals surface area contributed by atoms with E-state index in [1.807, 2.05) is 36.4 Å². The third kappa shape index (κ3) is 2.69. The van der Waals surface area contributed by atoms with Crippen LogP contribution in [0.15, 0.2) is 36.4 Å². The Labute approximate surface area is 130 Å². The summed E-state index contributed by atoms with van der Waals surface area (Å²) in [4.78, 5) is 0. The molecule has 2 aromatic carbocycles. The largest absolute Gasteiger partial charge is 0.497 e. The zero-order chi connectivity index (χ0) is 15.5. The summed E-state index contributed by atoms with van der Waals surface area (Å²) in [6.45, 7) is 0. The van der Waals surface area contributed by atoms with Crippen LogP contribution in [0.4, 0.5) is 0 Å². The summed E-state index contributed by atoms with van der Waals surface area (Å²) in [7, 11) is 4.98. The lowest BCUT2D eigenvalue weighted by molar-refractivity contribution is 0.173. The van der Waals surface area contributed by atoms with Crippen molar-refractivity contribution in [3.8, 4) is 23.0 Å². The molecule has 0 spiro atoms. The summed E-state index contributed by atoms with van der Waals surface area (Å²) in [5.74, 6) is 3.25. The maximum atomic E-state index is 6.18. The number of benzene rings is 2. The minimum absolute atomic E-state index is 0.0372. The summed E-state index contributed by atoms with van der Waals surface area (Å²) in [6.07, 6.45) is 1.87. The molecule has 2 aromatic rings. The lowest BCUT2D eigenvalue weighted by Crippen LogP contribution is -2.16. The van der Waals surface area contributed by atoms with Gasteiger partial charge in [-0.2, -0.15) is 0 Å². The first-order valence-corrected chi connectivity index (χ1v) is 7.30. The molecular weight excluding hydrogens is 280 g/mol. The third-order valence-corrected chi connectivity index (χ3v) is 4.01. The first kappa shape index (κ1) is 14.6. The van der Waals surface area contributed by atoms with Gasteiger partial charge in [-0.25, -0.2) is 0 Å². The predicted octanol–water partition coefficient (Wildman–Crippen LogP) is 3.78. The molecule has 22 heavy (non-hydrogen) atoms. The molecule has 4 nitrogen and oxygen atoms in total. The van der Waals surface area contributed by atoms with Gasteiger partial charge in [0.1, 0.15) is 29.1 Å². The van der Waals surface area contributed by atoms with Crippen LogP contribution in [0.3, 0.4) is 0 Å². The van der Waals surface area contributed by atoms with Gasteiger partial charge in [0, 0.05) is 17.7 Å². The second-order valence-corrected chi connectivity index (χ2v) is 5.22. The number of ether oxygens (including phenoxy) is 4. The number of hydrogen-bond donors (Lipinski definition) is 0. The molecule has 1 aliphatic heterocycles. The van der Waals surface area contributed by atoms with Crippen molar-refractivity contribution in [2.45, 2.75) is 18.9 Å². The van der Waals surface area contributed by atoms with Crippen molar-refractivity contribution in [1.82, 2.24) is 0 Å². The standard InChI is InChI=1S/C18H20O4/c1-19-13-6-4-12(5-7-13)16-9-8-15-17(21-3)10-14(20-2)11-18(15)22-16/h4-7,10-11,16H,8-9H2,1-3H3. The van der Waals surface area contributed by atoms with Gasteiger partial charge in [-0.15, -0.1) is 0 Å². The molecule has 1 heterocycles. The van der Waals surface area contributed by atoms with Crippen molar-refractivity contribution in [3.05, 3.63) is 47.5 Å². The molecule has 0 saturated heterocycles. The number of methoxy groups -OCH3 is 3. The molecule has 1 atom stereocenters. The summed E-state index contributed by atoms with van der Waals surface area (Å²) >= 11 is 0. The Balaban J connectivity index is 1.89. The Morgan fingerprint density at radius 1 is 0.909 bits per heavy atom. The summed E-state index contributed by atoms with van der Waals surface area (Å²) in [6, 6.07) is 11.8. The zero-order valence-electron chi connectivity index (χ0n) is 13.1. The number of rotatable bonds is 4. The van der Waals surface area contributed by atoms with Gasteiger partial charge in [-0.3, -0.25) is 0 Å². The topological polar surface area (TPSA) is 36.9 Å². The monoisotopic (exact) mass is 300 g/mol. The molecule has 3 rings (SSSR count). The summed E-state index contributed by atoms with van der Waals surface area (Å²) < 4.78 is 22.1. The van der Waals surface area contributed by atoms with E-state index in [-0.39, 0.29) is 6.10 Å². The van der Waals surface area contributed by atoms with Gasteiger partial charge < -0.3 is 18.9 Å². The first-order valence-electron chi connectivity index (χ1n) is 7.30. The van der Waals surface area contributed by atoms with E-state index in [4.69, 9.17) is 18.9 Å². The Hall–Kier alpha value is -2.36. The van der Waals surface area contributed by atoms with Crippen LogP contribution in [-0.4, -0.2) is 21.3 Å². The van der Waals surface area contributed by atoms with Crippen molar-refractivity contribution in [3.63, 3.8) is 0 Å². The highest BCUT2D eigenvalue weighted by molar-refractivity contribution is 5.52. The maximum Gasteiger partial charge on any atom is 0.130 e. The lowest BCUT2D eigenvalue weighted by Gasteiger charge is -2.28. The lowest BCUT2D eigenvalue weighted by atomic mass is 9.96. The SMILES string of the molecule is COc1ccc(C2CCc3c(OC)cc(OC)cc3O2)cc1. The van der Waals surface area contributed by atoms with Crippen molar-refractivity contribution in [1.29, 1.82) is 0 Å². The van der Waals surface area contributed by atoms with Crippen molar-refractivity contribution >= 4 is 0 Å². The molecule has 0 N–H and O–H groups in total. The van der Waals surface area contributed by atoms with E-state index >= 15 is 0 Å². The van der Waals surface area contributed by atoms with Gasteiger partial charge in [0.15, 0.2) is 0 Å². The molecule has 0 aliphatic carbocycles. The van der Waals surface area contributed by atoms with Crippen LogP contribution in [0.25, 0.3) is 0 Å². The van der Waals surface area contributed by atoms with Gasteiger partial charge in [-0.05, 0) is 30.5 Å². The van der Waals surface area contributed by atoms with E-state index in [1.165, 1.54) is 0 Å². The van der Waals surface area contributed by atoms with E-state index < -0.39 is 0 Å². The van der Waals surface area contributed by atoms with Gasteiger partial charge in [0.2, 0.25) is 0 Å². The zero-order valence-corrected chi connectivity index (χ0v) is 13.1. The van der Waals surface area contributed by atoms with E-state index in [0.29, 0.717) is 0 Å². The molecule has 0 bridgehead atoms. The van der Waals surface area contributed by atoms with Crippen LogP contribution < -0.4 is 18.9 Å². The maximum absolute atomic E-state index is 6.18. The molecule has 0 fully saturated rings. The van der Waals surface area contributed by atoms with Gasteiger partial charge >= 0.3 is 0 Å². The minimum Gasteiger partial charge on any atom is -0.497 e. The average molecular weight is 300 g/mol. The molecule has 4 heteroatoms. The Morgan fingerprint density at radius 3 is 2.27 bits per heavy atom. The molecule has 0 saturated carbocycles. The first-order chi connectivity index (χ1) is 10.7. The van der Waals surface area contributed by atoms with Gasteiger partial charge in [0.25, 0.3) is 0 Å². The Bertz CT molecular complexity index is 649. The van der Waals surface area contributed by atoms with Crippen LogP contribution in [0.5, 0.6) is 23.0 Å². The molecule has 1 aliphatic rings. The van der Waals surface area contributed by atoms with Gasteiger partial charge in [0.05, 0.1) is 21.3 Å². The summed E-state index contributed by atoms with van der Waals surface area (Å²) in [5.41, 5.74) is 2.25. The second-order valence-electron chi connectivity index (χ2n) is 5.22. The van der Waals surface area contributed by atoms with Crippen molar-refractivity contribution in [2.75, 3.05) is 21.3 Å². The highest BCUT2D eigenvalue weighted by atomic mass is 16.5. The van der Waals surface area contributed by atoms with E-state index in [0.717, 1.165) is 47.0 Å². The Morgan fingerprint density at radius 2 is 1.64 bits per heavy atom. The van der Waals surface area contributed by atoms with Crippen LogP contribution in [-0.2, 0) is 6.42 Å². The highest BCUT2D eigenvalue weighted by Crippen LogP contribution is 2.42. The molecule has 1 unspecified atom stereocenters. The van der Waals surface area contributed by atoms with Crippen molar-refractivity contribution < 1.29 is 18.9 Å². The molecule has 0 aromatic heterocycles. The quantitative estimate of drug-likeness (QED) is 0.861. The Kier molecular flexibility index (Phi) is 4.09. The average Bonchev–Trinajstić information content (AvgIpc) is 2.60. The van der Waals surface area contributed by atoms with E-state index in [9.17, 15) is 0 Å². The highest BCUT2D eigenvalue weighted by Gasteiger charge is 2.25. The molecule has 116 valence electrons. The number of fused-ring (bicyclic) bond motifs is 1. The molecule has 0 radical (unpaired) electrons. The third-order valence-electron chi connectivity index (χ3n) is 4.01. The molecule has 0 amide bonds. The van der Waals surface area contributed by atoms with E-state index in [1.54, 1.807) is 21.3 Å². The number of hydrogen-bond acceptors (Lipinski definition) is 4. The molecular formula is C18H20O4. The van der Waals surface area contributed by atoms with E-state index in [2.05, 4.69) is 0 Å². The van der Waals surface area contributed by atoms with Crippen LogP contribution in [0.1, 0.15) is 23.7 Å². The fourth-order valence-electron chi connectivity index (χ4n) is 2.79. The fraction of sp³-hybridized carbons (Fsp3) is 0.333. The normalized spacial score (nSPS) is 16.4. The fourth-order valence-corrected chi connectivity index (χ4v) is 2.79. The van der Waals surface area contributed by atoms with Gasteiger partial charge in [-0.1, -0.05) is 12.1 Å². The smallest absolute Gasteiger partial charge is 0.130 e. The van der Waals surface area contributed by atoms with Crippen molar-refractivity contribution in [2.24, 2.45) is 0 Å². The van der Waals surface area contributed by atoms with Crippen LogP contribution >= 0.6 is 0 Å². The van der Waals surface area contributed by atoms with Crippen LogP contribution in [0.2, 0.25) is 0 Å². The minimum atomic E-state index is 0.0372. The second kappa shape index (κ2) is 6.18.